The zero-order chi connectivity index (χ0) is 15.7. The number of rotatable bonds is 3. The molecule has 3 aromatic rings. The number of aromatic nitrogens is 1. The van der Waals surface area contributed by atoms with Gasteiger partial charge in [0.25, 0.3) is 11.6 Å². The van der Waals surface area contributed by atoms with Crippen LogP contribution in [-0.2, 0) is 0 Å². The molecule has 6 nitrogen and oxygen atoms in total. The van der Waals surface area contributed by atoms with Crippen LogP contribution in [0, 0.1) is 10.1 Å². The maximum Gasteiger partial charge on any atom is 0.270 e. The average Bonchev–Trinajstić information content (AvgIpc) is 2.88. The number of fused-ring (bicyclic) bond motifs is 1. The van der Waals surface area contributed by atoms with Crippen molar-refractivity contribution in [3.63, 3.8) is 0 Å². The second kappa shape index (κ2) is 5.70. The summed E-state index contributed by atoms with van der Waals surface area (Å²) in [4.78, 5) is 26.6. The molecule has 0 bridgehead atoms. The Bertz CT molecular complexity index is 894. The molecule has 1 amide bonds. The fourth-order valence-electron chi connectivity index (χ4n) is 1.88. The van der Waals surface area contributed by atoms with Crippen molar-refractivity contribution in [1.82, 2.24) is 4.98 Å². The van der Waals surface area contributed by atoms with E-state index in [0.29, 0.717) is 25.9 Å². The van der Waals surface area contributed by atoms with Crippen LogP contribution >= 0.6 is 22.9 Å². The molecule has 2 aromatic carbocycles. The number of benzene rings is 2. The monoisotopic (exact) mass is 333 g/mol. The summed E-state index contributed by atoms with van der Waals surface area (Å²) in [5.74, 6) is -0.337. The van der Waals surface area contributed by atoms with Gasteiger partial charge >= 0.3 is 0 Å². The fraction of sp³-hybridized carbons (Fsp3) is 0. The Morgan fingerprint density at radius 3 is 2.82 bits per heavy atom. The van der Waals surface area contributed by atoms with Crippen LogP contribution in [0.2, 0.25) is 5.02 Å². The second-order valence-corrected chi connectivity index (χ2v) is 5.86. The Balaban J connectivity index is 1.87. The third kappa shape index (κ3) is 2.90. The van der Waals surface area contributed by atoms with E-state index in [1.54, 1.807) is 30.3 Å². The van der Waals surface area contributed by atoms with E-state index in [1.807, 2.05) is 0 Å². The van der Waals surface area contributed by atoms with Crippen LogP contribution in [0.15, 0.2) is 42.5 Å². The van der Waals surface area contributed by atoms with Crippen molar-refractivity contribution in [1.29, 1.82) is 0 Å². The summed E-state index contributed by atoms with van der Waals surface area (Å²) >= 11 is 7.02. The highest BCUT2D eigenvalue weighted by molar-refractivity contribution is 7.22. The number of non-ortho nitro benzene ring substituents is 1. The van der Waals surface area contributed by atoms with Crippen LogP contribution in [0.5, 0.6) is 0 Å². The van der Waals surface area contributed by atoms with E-state index in [4.69, 9.17) is 11.6 Å². The summed E-state index contributed by atoms with van der Waals surface area (Å²) in [6.45, 7) is 0. The average molecular weight is 334 g/mol. The molecule has 0 fully saturated rings. The smallest absolute Gasteiger partial charge is 0.270 e. The minimum absolute atomic E-state index is 0.0103. The summed E-state index contributed by atoms with van der Waals surface area (Å²) in [5, 5.41) is 14.3. The Morgan fingerprint density at radius 2 is 2.09 bits per heavy atom. The number of anilines is 1. The molecule has 0 spiro atoms. The van der Waals surface area contributed by atoms with Gasteiger partial charge in [-0.3, -0.25) is 20.2 Å². The number of hydrogen-bond acceptors (Lipinski definition) is 5. The second-order valence-electron chi connectivity index (χ2n) is 4.39. The van der Waals surface area contributed by atoms with E-state index in [1.165, 1.54) is 23.5 Å². The first kappa shape index (κ1) is 14.4. The fourth-order valence-corrected chi connectivity index (χ4v) is 2.96. The van der Waals surface area contributed by atoms with E-state index < -0.39 is 4.92 Å². The quantitative estimate of drug-likeness (QED) is 0.577. The van der Waals surface area contributed by atoms with Crippen molar-refractivity contribution in [2.45, 2.75) is 0 Å². The molecule has 22 heavy (non-hydrogen) atoms. The van der Waals surface area contributed by atoms with Gasteiger partial charge in [-0.05, 0) is 24.3 Å². The molecule has 0 atom stereocenters. The number of carbonyl (C=O) groups is 1. The van der Waals surface area contributed by atoms with Gasteiger partial charge in [-0.1, -0.05) is 29.0 Å². The number of nitro benzene ring substituents is 1. The minimum Gasteiger partial charge on any atom is -0.298 e. The van der Waals surface area contributed by atoms with Crippen LogP contribution < -0.4 is 5.32 Å². The van der Waals surface area contributed by atoms with Crippen LogP contribution in [0.1, 0.15) is 10.4 Å². The molecule has 0 saturated carbocycles. The van der Waals surface area contributed by atoms with Gasteiger partial charge in [0.2, 0.25) is 0 Å². The SMILES string of the molecule is O=C(Nc1nc2ccc([N+](=O)[O-])cc2s1)c1cccc(Cl)c1. The molecule has 0 aliphatic carbocycles. The summed E-state index contributed by atoms with van der Waals surface area (Å²) < 4.78 is 0.635. The maximum atomic E-state index is 12.1. The summed E-state index contributed by atoms with van der Waals surface area (Å²) in [6.07, 6.45) is 0. The van der Waals surface area contributed by atoms with Gasteiger partial charge in [-0.25, -0.2) is 4.98 Å². The highest BCUT2D eigenvalue weighted by Gasteiger charge is 2.13. The molecular formula is C14H8ClN3O3S. The van der Waals surface area contributed by atoms with Gasteiger partial charge in [0.05, 0.1) is 15.1 Å². The summed E-state index contributed by atoms with van der Waals surface area (Å²) in [7, 11) is 0. The molecule has 8 heteroatoms. The van der Waals surface area contributed by atoms with Crippen molar-refractivity contribution < 1.29 is 9.72 Å². The Labute approximate surface area is 133 Å². The van der Waals surface area contributed by atoms with Crippen LogP contribution in [0.25, 0.3) is 10.2 Å². The third-order valence-electron chi connectivity index (χ3n) is 2.89. The molecule has 0 aliphatic heterocycles. The van der Waals surface area contributed by atoms with Gasteiger partial charge in [0.1, 0.15) is 0 Å². The molecule has 3 rings (SSSR count). The van der Waals surface area contributed by atoms with Crippen LogP contribution in [0.4, 0.5) is 10.8 Å². The molecule has 1 N–H and O–H groups in total. The normalized spacial score (nSPS) is 10.6. The highest BCUT2D eigenvalue weighted by atomic mass is 35.5. The zero-order valence-corrected chi connectivity index (χ0v) is 12.5. The lowest BCUT2D eigenvalue weighted by molar-refractivity contribution is -0.384. The number of nitrogens with zero attached hydrogens (tertiary/aromatic N) is 2. The van der Waals surface area contributed by atoms with E-state index >= 15 is 0 Å². The van der Waals surface area contributed by atoms with Gasteiger partial charge in [0.15, 0.2) is 5.13 Å². The molecule has 0 saturated heterocycles. The third-order valence-corrected chi connectivity index (χ3v) is 4.06. The molecule has 1 aromatic heterocycles. The van der Waals surface area contributed by atoms with E-state index in [2.05, 4.69) is 10.3 Å². The molecule has 1 heterocycles. The molecule has 0 unspecified atom stereocenters. The first-order valence-electron chi connectivity index (χ1n) is 6.15. The van der Waals surface area contributed by atoms with Crippen LogP contribution in [0.3, 0.4) is 0 Å². The number of nitro groups is 1. The number of halogens is 1. The molecule has 0 aliphatic rings. The van der Waals surface area contributed by atoms with E-state index in [9.17, 15) is 14.9 Å². The highest BCUT2D eigenvalue weighted by Crippen LogP contribution is 2.29. The topological polar surface area (TPSA) is 85.1 Å². The molecule has 110 valence electrons. The van der Waals surface area contributed by atoms with Crippen molar-refractivity contribution in [2.75, 3.05) is 5.32 Å². The van der Waals surface area contributed by atoms with Crippen molar-refractivity contribution in [3.8, 4) is 0 Å². The number of nitrogens with one attached hydrogen (secondary N) is 1. The van der Waals surface area contributed by atoms with Crippen molar-refractivity contribution >= 4 is 49.9 Å². The van der Waals surface area contributed by atoms with Gasteiger partial charge in [0, 0.05) is 22.7 Å². The minimum atomic E-state index is -0.469. The predicted octanol–water partition coefficient (Wildman–Crippen LogP) is 4.11. The molecular weight excluding hydrogens is 326 g/mol. The number of hydrogen-bond donors (Lipinski definition) is 1. The zero-order valence-electron chi connectivity index (χ0n) is 10.9. The lowest BCUT2D eigenvalue weighted by Crippen LogP contribution is -2.11. The van der Waals surface area contributed by atoms with E-state index in [-0.39, 0.29) is 11.6 Å². The Hall–Kier alpha value is -2.51. The largest absolute Gasteiger partial charge is 0.298 e. The standard InChI is InChI=1S/C14H8ClN3O3S/c15-9-3-1-2-8(6-9)13(19)17-14-16-11-5-4-10(18(20)21)7-12(11)22-14/h1-7H,(H,16,17,19). The van der Waals surface area contributed by atoms with Crippen molar-refractivity contribution in [2.24, 2.45) is 0 Å². The van der Waals surface area contributed by atoms with Crippen molar-refractivity contribution in [3.05, 3.63) is 63.2 Å². The number of carbonyl (C=O) groups excluding carboxylic acids is 1. The lowest BCUT2D eigenvalue weighted by atomic mass is 10.2. The van der Waals surface area contributed by atoms with Gasteiger partial charge < -0.3 is 0 Å². The van der Waals surface area contributed by atoms with Gasteiger partial charge in [-0.15, -0.1) is 0 Å². The predicted molar refractivity (Wildman–Crippen MR) is 85.7 cm³/mol. The summed E-state index contributed by atoms with van der Waals surface area (Å²) in [6, 6.07) is 10.9. The first-order valence-corrected chi connectivity index (χ1v) is 7.34. The first-order chi connectivity index (χ1) is 10.5. The Kier molecular flexibility index (Phi) is 3.74. The van der Waals surface area contributed by atoms with E-state index in [0.717, 1.165) is 0 Å². The summed E-state index contributed by atoms with van der Waals surface area (Å²) in [5.41, 5.74) is 0.999. The maximum absolute atomic E-state index is 12.1. The Morgan fingerprint density at radius 1 is 1.27 bits per heavy atom. The van der Waals surface area contributed by atoms with Gasteiger partial charge in [-0.2, -0.15) is 0 Å². The number of thiazole rings is 1. The number of amides is 1. The lowest BCUT2D eigenvalue weighted by Gasteiger charge is -2.01. The van der Waals surface area contributed by atoms with Crippen LogP contribution in [-0.4, -0.2) is 15.8 Å². The molecule has 0 radical (unpaired) electrons.